The first-order valence-corrected chi connectivity index (χ1v) is 13.0. The largest absolute Gasteiger partial charge is 0.491 e. The highest BCUT2D eigenvalue weighted by atomic mass is 32.2. The number of aromatic nitrogens is 2. The van der Waals surface area contributed by atoms with Crippen LogP contribution in [0, 0.1) is 23.7 Å². The molecule has 12 heteroatoms. The normalized spacial score (nSPS) is 11.4. The maximum Gasteiger partial charge on any atom is 0.236 e. The molecule has 5 N–H and O–H groups in total. The van der Waals surface area contributed by atoms with Crippen molar-refractivity contribution in [3.63, 3.8) is 0 Å². The molecule has 4 aromatic rings. The van der Waals surface area contributed by atoms with E-state index in [0.717, 1.165) is 5.69 Å². The fourth-order valence-electron chi connectivity index (χ4n) is 3.37. The van der Waals surface area contributed by atoms with Crippen molar-refractivity contribution in [3.05, 3.63) is 82.4 Å². The van der Waals surface area contributed by atoms with Gasteiger partial charge in [-0.2, -0.15) is 5.26 Å². The molecule has 38 heavy (non-hydrogen) atoms. The van der Waals surface area contributed by atoms with Crippen LogP contribution in [0.25, 0.3) is 16.0 Å². The van der Waals surface area contributed by atoms with Gasteiger partial charge in [0.05, 0.1) is 24.4 Å². The summed E-state index contributed by atoms with van der Waals surface area (Å²) >= 11 is 2.67. The fraction of sp³-hybridized carbons (Fsp3) is 0.154. The predicted octanol–water partition coefficient (Wildman–Crippen LogP) is 5.12. The molecule has 0 amide bonds. The molecule has 192 valence electrons. The van der Waals surface area contributed by atoms with E-state index in [1.165, 1.54) is 35.2 Å². The van der Waals surface area contributed by atoms with Crippen LogP contribution < -0.4 is 15.8 Å². The highest BCUT2D eigenvalue weighted by molar-refractivity contribution is 7.98. The summed E-state index contributed by atoms with van der Waals surface area (Å²) in [5.74, 6) is 0.547. The molecule has 0 aliphatic rings. The van der Waals surface area contributed by atoms with E-state index in [-0.39, 0.29) is 29.5 Å². The molecule has 9 nitrogen and oxygen atoms in total. The number of pyridine rings is 1. The Morgan fingerprint density at radius 3 is 2.61 bits per heavy atom. The summed E-state index contributed by atoms with van der Waals surface area (Å²) in [5.41, 5.74) is 8.83. The Bertz CT molecular complexity index is 1500. The Labute approximate surface area is 226 Å². The van der Waals surface area contributed by atoms with Crippen LogP contribution in [0.3, 0.4) is 0 Å². The molecule has 0 saturated carbocycles. The number of nitrogens with zero attached hydrogens (tertiary/aromatic N) is 4. The number of nitrogens with two attached hydrogens (primary N) is 1. The average molecular weight is 549 g/mol. The first-order valence-electron chi connectivity index (χ1n) is 11.1. The Morgan fingerprint density at radius 1 is 1.21 bits per heavy atom. The second-order valence-corrected chi connectivity index (χ2v) is 9.68. The van der Waals surface area contributed by atoms with E-state index in [9.17, 15) is 14.8 Å². The van der Waals surface area contributed by atoms with Gasteiger partial charge in [-0.1, -0.05) is 23.9 Å². The van der Waals surface area contributed by atoms with E-state index >= 15 is 0 Å². The number of thiazole rings is 1. The number of aliphatic hydroxyl groups excluding tert-OH is 2. The van der Waals surface area contributed by atoms with Crippen molar-refractivity contribution >= 4 is 45.4 Å². The molecule has 0 spiro atoms. The van der Waals surface area contributed by atoms with Crippen molar-refractivity contribution in [2.75, 3.05) is 24.3 Å². The molecule has 4 rings (SSSR count). The summed E-state index contributed by atoms with van der Waals surface area (Å²) in [7, 11) is 0. The number of rotatable bonds is 10. The number of nitriles is 1. The molecule has 0 saturated heterocycles. The van der Waals surface area contributed by atoms with E-state index < -0.39 is 12.7 Å². The number of ether oxygens (including phenoxy) is 1. The van der Waals surface area contributed by atoms with Gasteiger partial charge >= 0.3 is 0 Å². The molecular weight excluding hydrogens is 527 g/mol. The zero-order chi connectivity index (χ0) is 27.1. The number of benzene rings is 2. The summed E-state index contributed by atoms with van der Waals surface area (Å²) in [6.07, 6.45) is -0.999. The van der Waals surface area contributed by atoms with E-state index in [4.69, 9.17) is 22.1 Å². The molecule has 0 bridgehead atoms. The Kier molecular flexibility index (Phi) is 8.73. The number of nitrogen functional groups attached to an aromatic ring is 1. The van der Waals surface area contributed by atoms with Gasteiger partial charge in [-0.3, -0.25) is 0 Å². The van der Waals surface area contributed by atoms with Gasteiger partial charge in [-0.15, -0.1) is 11.3 Å². The number of halogens is 1. The van der Waals surface area contributed by atoms with Crippen molar-refractivity contribution < 1.29 is 19.3 Å². The highest BCUT2D eigenvalue weighted by Crippen LogP contribution is 2.42. The minimum Gasteiger partial charge on any atom is -0.491 e. The van der Waals surface area contributed by atoms with Crippen molar-refractivity contribution in [2.45, 2.75) is 16.9 Å². The van der Waals surface area contributed by atoms with Gasteiger partial charge in [-0.05, 0) is 42.0 Å². The summed E-state index contributed by atoms with van der Waals surface area (Å²) in [4.78, 5) is 12.4. The summed E-state index contributed by atoms with van der Waals surface area (Å²) in [6.45, 7) is 7.12. The summed E-state index contributed by atoms with van der Waals surface area (Å²) in [6, 6.07) is 14.8. The third-order valence-corrected chi connectivity index (χ3v) is 7.00. The van der Waals surface area contributed by atoms with E-state index in [1.807, 2.05) is 5.38 Å². The van der Waals surface area contributed by atoms with Crippen LogP contribution in [0.5, 0.6) is 5.75 Å². The maximum atomic E-state index is 13.1. The van der Waals surface area contributed by atoms with Gasteiger partial charge in [0, 0.05) is 22.4 Å². The van der Waals surface area contributed by atoms with Crippen LogP contribution in [0.4, 0.5) is 26.7 Å². The van der Waals surface area contributed by atoms with E-state index in [2.05, 4.69) is 26.2 Å². The quantitative estimate of drug-likeness (QED) is 0.157. The molecule has 0 radical (unpaired) electrons. The maximum absolute atomic E-state index is 13.1. The molecule has 1 unspecified atom stereocenters. The Hall–Kier alpha value is -4.20. The zero-order valence-electron chi connectivity index (χ0n) is 19.8. The standard InChI is InChI=1S/C26H21FN6O3S2/c1-30-23-22(15-2-8-20(9-3-15)36-12-19(35)11-34)21(10-28)25(33-24(23)29)37-13-18-14-38-26(32-18)31-17-6-4-16(27)5-7-17/h2-9,14,19,34-35H,11-13H2,(H2,29,33)(H,31,32). The number of anilines is 3. The lowest BCUT2D eigenvalue weighted by Crippen LogP contribution is -2.21. The van der Waals surface area contributed by atoms with Crippen molar-refractivity contribution in [3.8, 4) is 22.9 Å². The molecule has 2 aromatic carbocycles. The SMILES string of the molecule is [C-]#[N+]c1c(N)nc(SCc2csc(Nc3ccc(F)cc3)n2)c(C#N)c1-c1ccc(OCC(O)CO)cc1. The third-order valence-electron chi connectivity index (χ3n) is 5.19. The number of nitrogens with one attached hydrogen (secondary N) is 1. The van der Waals surface area contributed by atoms with E-state index in [1.54, 1.807) is 36.4 Å². The Morgan fingerprint density at radius 2 is 1.95 bits per heavy atom. The van der Waals surface area contributed by atoms with Gasteiger partial charge in [0.1, 0.15) is 41.2 Å². The zero-order valence-corrected chi connectivity index (χ0v) is 21.4. The smallest absolute Gasteiger partial charge is 0.236 e. The molecule has 1 atom stereocenters. The lowest BCUT2D eigenvalue weighted by atomic mass is 10.00. The van der Waals surface area contributed by atoms with Crippen molar-refractivity contribution in [1.82, 2.24) is 9.97 Å². The number of hydrogen-bond acceptors (Lipinski definition) is 10. The molecule has 2 heterocycles. The Balaban J connectivity index is 1.55. The number of hydrogen-bond donors (Lipinski definition) is 4. The van der Waals surface area contributed by atoms with Gasteiger partial charge in [0.2, 0.25) is 5.69 Å². The monoisotopic (exact) mass is 548 g/mol. The fourth-order valence-corrected chi connectivity index (χ4v) is 5.09. The molecular formula is C26H21FN6O3S2. The van der Waals surface area contributed by atoms with Crippen LogP contribution in [0.2, 0.25) is 0 Å². The van der Waals surface area contributed by atoms with Crippen molar-refractivity contribution in [1.29, 1.82) is 5.26 Å². The van der Waals surface area contributed by atoms with Crippen LogP contribution in [0.1, 0.15) is 11.3 Å². The highest BCUT2D eigenvalue weighted by Gasteiger charge is 2.21. The van der Waals surface area contributed by atoms with Gasteiger partial charge in [0.15, 0.2) is 5.13 Å². The molecule has 0 fully saturated rings. The van der Waals surface area contributed by atoms with Crippen LogP contribution in [-0.4, -0.2) is 39.5 Å². The van der Waals surface area contributed by atoms with Gasteiger partial charge in [-0.25, -0.2) is 19.2 Å². The van der Waals surface area contributed by atoms with E-state index in [0.29, 0.717) is 38.5 Å². The third kappa shape index (κ3) is 6.37. The lowest BCUT2D eigenvalue weighted by molar-refractivity contribution is 0.0536. The molecule has 0 aliphatic carbocycles. The summed E-state index contributed by atoms with van der Waals surface area (Å²) < 4.78 is 18.6. The van der Waals surface area contributed by atoms with Crippen LogP contribution in [-0.2, 0) is 5.75 Å². The average Bonchev–Trinajstić information content (AvgIpc) is 3.38. The van der Waals surface area contributed by atoms with Gasteiger partial charge in [0.25, 0.3) is 0 Å². The van der Waals surface area contributed by atoms with Crippen LogP contribution in [0.15, 0.2) is 58.9 Å². The topological polar surface area (TPSA) is 142 Å². The molecule has 2 aromatic heterocycles. The molecule has 0 aliphatic heterocycles. The first-order chi connectivity index (χ1) is 18.4. The van der Waals surface area contributed by atoms with Gasteiger partial charge < -0.3 is 26.0 Å². The van der Waals surface area contributed by atoms with Crippen molar-refractivity contribution in [2.24, 2.45) is 0 Å². The number of aliphatic hydroxyl groups is 2. The minimum atomic E-state index is -0.999. The number of thioether (sulfide) groups is 1. The minimum absolute atomic E-state index is 0.0137. The van der Waals surface area contributed by atoms with Crippen LogP contribution >= 0.6 is 23.1 Å². The second-order valence-electron chi connectivity index (χ2n) is 7.86. The first kappa shape index (κ1) is 26.9. The lowest BCUT2D eigenvalue weighted by Gasteiger charge is -2.14. The predicted molar refractivity (Wildman–Crippen MR) is 145 cm³/mol. The second kappa shape index (κ2) is 12.4. The summed E-state index contributed by atoms with van der Waals surface area (Å²) in [5, 5.41) is 34.4.